The van der Waals surface area contributed by atoms with Crippen LogP contribution in [0.25, 0.3) is 0 Å². The number of hydrogen-bond donors (Lipinski definition) is 1. The normalized spacial score (nSPS) is 14.7. The summed E-state index contributed by atoms with van der Waals surface area (Å²) in [5.74, 6) is 1.48. The number of methoxy groups -OCH3 is 2. The predicted octanol–water partition coefficient (Wildman–Crippen LogP) is 1.60. The molecule has 0 aliphatic carbocycles. The highest BCUT2D eigenvalue weighted by molar-refractivity contribution is 5.51. The fourth-order valence-electron chi connectivity index (χ4n) is 2.33. The summed E-state index contributed by atoms with van der Waals surface area (Å²) in [6.45, 7) is 4.88. The van der Waals surface area contributed by atoms with Crippen molar-refractivity contribution in [3.05, 3.63) is 17.7 Å². The third-order valence-electron chi connectivity index (χ3n) is 3.56. The quantitative estimate of drug-likeness (QED) is 0.786. The van der Waals surface area contributed by atoms with Crippen molar-refractivity contribution in [2.45, 2.75) is 19.5 Å². The first-order valence-electron chi connectivity index (χ1n) is 6.99. The third-order valence-corrected chi connectivity index (χ3v) is 3.56. The highest BCUT2D eigenvalue weighted by Gasteiger charge is 2.20. The first-order chi connectivity index (χ1) is 10.2. The zero-order chi connectivity index (χ0) is 15.2. The average Bonchev–Trinajstić information content (AvgIpc) is 2.90. The van der Waals surface area contributed by atoms with E-state index in [1.165, 1.54) is 0 Å². The maximum Gasteiger partial charge on any atom is 0.231 e. The molecule has 1 heterocycles. The van der Waals surface area contributed by atoms with Crippen molar-refractivity contribution >= 4 is 0 Å². The van der Waals surface area contributed by atoms with E-state index < -0.39 is 0 Å². The Balaban J connectivity index is 2.11. The fraction of sp³-hybridized carbons (Fsp3) is 0.600. The summed E-state index contributed by atoms with van der Waals surface area (Å²) in [5, 5.41) is 10.1. The minimum atomic E-state index is 0.200. The number of aromatic hydroxyl groups is 1. The molecule has 0 spiro atoms. The summed E-state index contributed by atoms with van der Waals surface area (Å²) >= 11 is 0. The fourth-order valence-corrected chi connectivity index (χ4v) is 2.33. The van der Waals surface area contributed by atoms with Gasteiger partial charge in [-0.25, -0.2) is 0 Å². The van der Waals surface area contributed by atoms with Crippen LogP contribution >= 0.6 is 0 Å². The van der Waals surface area contributed by atoms with Crippen LogP contribution in [0.1, 0.15) is 12.5 Å². The Labute approximate surface area is 125 Å². The molecule has 0 saturated heterocycles. The largest absolute Gasteiger partial charge is 0.507 e. The lowest BCUT2D eigenvalue weighted by Gasteiger charge is -2.28. The minimum Gasteiger partial charge on any atom is -0.507 e. The second kappa shape index (κ2) is 7.49. The van der Waals surface area contributed by atoms with Crippen LogP contribution in [0.3, 0.4) is 0 Å². The lowest BCUT2D eigenvalue weighted by Crippen LogP contribution is -2.38. The van der Waals surface area contributed by atoms with Gasteiger partial charge in [-0.3, -0.25) is 4.90 Å². The van der Waals surface area contributed by atoms with Crippen LogP contribution in [0, 0.1) is 0 Å². The van der Waals surface area contributed by atoms with Gasteiger partial charge in [0.1, 0.15) is 5.75 Å². The topological polar surface area (TPSA) is 60.4 Å². The molecule has 1 unspecified atom stereocenters. The number of rotatable bonds is 8. The van der Waals surface area contributed by atoms with Crippen LogP contribution in [-0.2, 0) is 16.0 Å². The Kier molecular flexibility index (Phi) is 5.67. The lowest BCUT2D eigenvalue weighted by atomic mass is 10.1. The average molecular weight is 297 g/mol. The van der Waals surface area contributed by atoms with E-state index in [1.54, 1.807) is 20.3 Å². The molecule has 1 aliphatic heterocycles. The monoisotopic (exact) mass is 297 g/mol. The highest BCUT2D eigenvalue weighted by atomic mass is 16.7. The van der Waals surface area contributed by atoms with E-state index >= 15 is 0 Å². The molecule has 6 nitrogen and oxygen atoms in total. The van der Waals surface area contributed by atoms with Crippen molar-refractivity contribution in [3.63, 3.8) is 0 Å². The van der Waals surface area contributed by atoms with E-state index in [1.807, 2.05) is 6.07 Å². The number of phenols is 1. The highest BCUT2D eigenvalue weighted by Crippen LogP contribution is 2.38. The molecule has 118 valence electrons. The molecule has 1 N–H and O–H groups in total. The molecule has 0 aromatic heterocycles. The Hall–Kier alpha value is -1.50. The molecule has 0 fully saturated rings. The molecule has 1 aromatic carbocycles. The zero-order valence-corrected chi connectivity index (χ0v) is 12.8. The SMILES string of the molecule is COCCN(Cc1cc2c(cc1O)OCO2)C(C)COC. The van der Waals surface area contributed by atoms with Crippen LogP contribution in [0.15, 0.2) is 12.1 Å². The summed E-state index contributed by atoms with van der Waals surface area (Å²) in [5.41, 5.74) is 0.804. The Morgan fingerprint density at radius 2 is 1.95 bits per heavy atom. The molecule has 2 rings (SSSR count). The van der Waals surface area contributed by atoms with E-state index in [2.05, 4.69) is 11.8 Å². The van der Waals surface area contributed by atoms with Crippen LogP contribution < -0.4 is 9.47 Å². The Bertz CT molecular complexity index is 466. The molecule has 1 atom stereocenters. The summed E-state index contributed by atoms with van der Waals surface area (Å²) < 4.78 is 21.0. The van der Waals surface area contributed by atoms with Crippen LogP contribution in [0.2, 0.25) is 0 Å². The standard InChI is InChI=1S/C15H23NO5/c1-11(9-19-3)16(4-5-18-2)8-12-6-14-15(7-13(12)17)21-10-20-14/h6-7,11,17H,4-5,8-10H2,1-3H3. The Morgan fingerprint density at radius 3 is 2.62 bits per heavy atom. The van der Waals surface area contributed by atoms with Crippen LogP contribution in [0.4, 0.5) is 0 Å². The second-order valence-corrected chi connectivity index (χ2v) is 5.10. The van der Waals surface area contributed by atoms with Gasteiger partial charge >= 0.3 is 0 Å². The van der Waals surface area contributed by atoms with Gasteiger partial charge in [0.05, 0.1) is 13.2 Å². The van der Waals surface area contributed by atoms with E-state index in [0.29, 0.717) is 31.3 Å². The van der Waals surface area contributed by atoms with Gasteiger partial charge in [0, 0.05) is 45.0 Å². The van der Waals surface area contributed by atoms with Crippen LogP contribution in [0.5, 0.6) is 17.2 Å². The van der Waals surface area contributed by atoms with Crippen molar-refractivity contribution in [1.29, 1.82) is 0 Å². The lowest BCUT2D eigenvalue weighted by molar-refractivity contribution is 0.0700. The molecule has 0 radical (unpaired) electrons. The van der Waals surface area contributed by atoms with E-state index in [9.17, 15) is 5.11 Å². The van der Waals surface area contributed by atoms with Crippen molar-refractivity contribution in [2.24, 2.45) is 0 Å². The number of nitrogens with zero attached hydrogens (tertiary/aromatic N) is 1. The van der Waals surface area contributed by atoms with Gasteiger partial charge < -0.3 is 24.1 Å². The number of phenolic OH excluding ortho intramolecular Hbond substituents is 1. The van der Waals surface area contributed by atoms with Crippen molar-refractivity contribution < 1.29 is 24.1 Å². The molecule has 6 heteroatoms. The number of benzene rings is 1. The van der Waals surface area contributed by atoms with E-state index in [-0.39, 0.29) is 18.6 Å². The van der Waals surface area contributed by atoms with Crippen molar-refractivity contribution in [2.75, 3.05) is 40.8 Å². The molecule has 0 bridgehead atoms. The third kappa shape index (κ3) is 4.00. The second-order valence-electron chi connectivity index (χ2n) is 5.10. The molecular weight excluding hydrogens is 274 g/mol. The number of ether oxygens (including phenoxy) is 4. The zero-order valence-electron chi connectivity index (χ0n) is 12.8. The maximum absolute atomic E-state index is 10.1. The molecule has 1 aliphatic rings. The van der Waals surface area contributed by atoms with E-state index in [0.717, 1.165) is 12.1 Å². The molecule has 0 amide bonds. The minimum absolute atomic E-state index is 0.200. The summed E-state index contributed by atoms with van der Waals surface area (Å²) in [6.07, 6.45) is 0. The van der Waals surface area contributed by atoms with Gasteiger partial charge in [0.2, 0.25) is 6.79 Å². The predicted molar refractivity (Wildman–Crippen MR) is 77.9 cm³/mol. The first-order valence-corrected chi connectivity index (χ1v) is 6.99. The van der Waals surface area contributed by atoms with Gasteiger partial charge in [0.25, 0.3) is 0 Å². The van der Waals surface area contributed by atoms with Gasteiger partial charge in [0.15, 0.2) is 11.5 Å². The van der Waals surface area contributed by atoms with Gasteiger partial charge in [-0.1, -0.05) is 0 Å². The maximum atomic E-state index is 10.1. The molecule has 0 saturated carbocycles. The van der Waals surface area contributed by atoms with Gasteiger partial charge in [-0.05, 0) is 13.0 Å². The summed E-state index contributed by atoms with van der Waals surface area (Å²) in [6, 6.07) is 3.65. The Morgan fingerprint density at radius 1 is 1.24 bits per heavy atom. The molecule has 21 heavy (non-hydrogen) atoms. The van der Waals surface area contributed by atoms with Gasteiger partial charge in [-0.15, -0.1) is 0 Å². The van der Waals surface area contributed by atoms with Gasteiger partial charge in [-0.2, -0.15) is 0 Å². The number of hydrogen-bond acceptors (Lipinski definition) is 6. The van der Waals surface area contributed by atoms with E-state index in [4.69, 9.17) is 18.9 Å². The molecular formula is C15H23NO5. The first kappa shape index (κ1) is 15.9. The van der Waals surface area contributed by atoms with Crippen LogP contribution in [-0.4, -0.2) is 56.8 Å². The molecule has 1 aromatic rings. The van der Waals surface area contributed by atoms with Crippen molar-refractivity contribution in [3.8, 4) is 17.2 Å². The smallest absolute Gasteiger partial charge is 0.231 e. The van der Waals surface area contributed by atoms with Crippen molar-refractivity contribution in [1.82, 2.24) is 4.90 Å². The number of fused-ring (bicyclic) bond motifs is 1. The summed E-state index contributed by atoms with van der Waals surface area (Å²) in [4.78, 5) is 2.20. The summed E-state index contributed by atoms with van der Waals surface area (Å²) in [7, 11) is 3.36.